The van der Waals surface area contributed by atoms with Crippen LogP contribution in [0, 0.1) is 5.41 Å². The highest BCUT2D eigenvalue weighted by molar-refractivity contribution is 5.83. The van der Waals surface area contributed by atoms with Crippen molar-refractivity contribution in [2.75, 3.05) is 33.2 Å². The zero-order valence-corrected chi connectivity index (χ0v) is 13.0. The average molecular weight is 296 g/mol. The number of amides is 2. The van der Waals surface area contributed by atoms with Crippen LogP contribution < -0.4 is 16.4 Å². The molecule has 6 heteroatoms. The van der Waals surface area contributed by atoms with Crippen molar-refractivity contribution in [2.24, 2.45) is 11.1 Å². The van der Waals surface area contributed by atoms with E-state index in [-0.39, 0.29) is 23.3 Å². The van der Waals surface area contributed by atoms with Crippen molar-refractivity contribution in [3.63, 3.8) is 0 Å². The molecule has 0 unspecified atom stereocenters. The minimum absolute atomic E-state index is 0.0468. The first-order valence-corrected chi connectivity index (χ1v) is 8.03. The molecule has 0 bridgehead atoms. The average Bonchev–Trinajstić information content (AvgIpc) is 2.99. The molecule has 4 N–H and O–H groups in total. The quantitative estimate of drug-likeness (QED) is 0.657. The maximum atomic E-state index is 12.5. The first-order valence-electron chi connectivity index (χ1n) is 8.03. The number of nitrogens with two attached hydrogens (primary N) is 1. The molecule has 1 heterocycles. The monoisotopic (exact) mass is 296 g/mol. The Morgan fingerprint density at radius 1 is 1.24 bits per heavy atom. The van der Waals surface area contributed by atoms with Crippen LogP contribution in [0.3, 0.4) is 0 Å². The molecule has 0 aromatic heterocycles. The van der Waals surface area contributed by atoms with Gasteiger partial charge in [0.15, 0.2) is 0 Å². The fourth-order valence-corrected chi connectivity index (χ4v) is 3.43. The minimum Gasteiger partial charge on any atom is -0.358 e. The molecule has 0 atom stereocenters. The van der Waals surface area contributed by atoms with E-state index in [1.54, 1.807) is 7.05 Å². The summed E-state index contributed by atoms with van der Waals surface area (Å²) in [6.07, 6.45) is 5.87. The van der Waals surface area contributed by atoms with E-state index in [9.17, 15) is 9.59 Å². The largest absolute Gasteiger partial charge is 0.358 e. The third-order valence-corrected chi connectivity index (χ3v) is 5.00. The number of rotatable bonds is 5. The highest BCUT2D eigenvalue weighted by Gasteiger charge is 2.40. The Morgan fingerprint density at radius 2 is 1.86 bits per heavy atom. The van der Waals surface area contributed by atoms with Crippen molar-refractivity contribution in [2.45, 2.75) is 44.6 Å². The van der Waals surface area contributed by atoms with Gasteiger partial charge in [-0.1, -0.05) is 12.8 Å². The van der Waals surface area contributed by atoms with Crippen molar-refractivity contribution in [3.05, 3.63) is 0 Å². The summed E-state index contributed by atoms with van der Waals surface area (Å²) in [5.74, 6) is 0.192. The van der Waals surface area contributed by atoms with E-state index in [1.165, 1.54) is 0 Å². The zero-order valence-electron chi connectivity index (χ0n) is 13.0. The summed E-state index contributed by atoms with van der Waals surface area (Å²) in [4.78, 5) is 26.0. The van der Waals surface area contributed by atoms with Crippen molar-refractivity contribution < 1.29 is 9.59 Å². The molecule has 6 nitrogen and oxygen atoms in total. The second kappa shape index (κ2) is 7.22. The second-order valence-corrected chi connectivity index (χ2v) is 6.39. The Balaban J connectivity index is 1.78. The number of likely N-dealkylation sites (N-methyl/N-ethyl adjacent to an activating group) is 1. The maximum Gasteiger partial charge on any atom is 0.233 e. The van der Waals surface area contributed by atoms with E-state index in [4.69, 9.17) is 5.73 Å². The Labute approximate surface area is 126 Å². The molecule has 2 aliphatic rings. The molecule has 0 radical (unpaired) electrons. The SMILES string of the molecule is CNC(=O)CN1CCC(NC(=O)C2(CN)CCCC2)CC1. The zero-order chi connectivity index (χ0) is 15.3. The van der Waals surface area contributed by atoms with Crippen LogP contribution >= 0.6 is 0 Å². The molecule has 1 aliphatic heterocycles. The summed E-state index contributed by atoms with van der Waals surface area (Å²) >= 11 is 0. The first kappa shape index (κ1) is 16.2. The molecule has 1 saturated heterocycles. The molecule has 2 rings (SSSR count). The number of carbonyl (C=O) groups excluding carboxylic acids is 2. The van der Waals surface area contributed by atoms with Crippen molar-refractivity contribution in [3.8, 4) is 0 Å². The van der Waals surface area contributed by atoms with E-state index in [0.29, 0.717) is 13.1 Å². The van der Waals surface area contributed by atoms with Gasteiger partial charge in [-0.05, 0) is 25.7 Å². The number of nitrogens with zero attached hydrogens (tertiary/aromatic N) is 1. The standard InChI is InChI=1S/C15H28N4O2/c1-17-13(20)10-19-8-4-12(5-9-19)18-14(21)15(11-16)6-2-3-7-15/h12H,2-11,16H2,1H3,(H,17,20)(H,18,21). The molecule has 0 spiro atoms. The predicted octanol–water partition coefficient (Wildman–Crippen LogP) is -0.168. The number of hydrogen-bond donors (Lipinski definition) is 3. The Hall–Kier alpha value is -1.14. The van der Waals surface area contributed by atoms with Crippen molar-refractivity contribution in [1.29, 1.82) is 0 Å². The van der Waals surface area contributed by atoms with Gasteiger partial charge in [0, 0.05) is 32.7 Å². The van der Waals surface area contributed by atoms with Gasteiger partial charge in [-0.25, -0.2) is 0 Å². The van der Waals surface area contributed by atoms with E-state index in [2.05, 4.69) is 15.5 Å². The lowest BCUT2D eigenvalue weighted by Crippen LogP contribution is -2.51. The maximum absolute atomic E-state index is 12.5. The molecule has 0 aromatic rings. The third kappa shape index (κ3) is 3.95. The van der Waals surface area contributed by atoms with Crippen LogP contribution in [0.25, 0.3) is 0 Å². The fraction of sp³-hybridized carbons (Fsp3) is 0.867. The molecule has 120 valence electrons. The summed E-state index contributed by atoms with van der Waals surface area (Å²) < 4.78 is 0. The lowest BCUT2D eigenvalue weighted by Gasteiger charge is -2.34. The molecule has 1 aliphatic carbocycles. The van der Waals surface area contributed by atoms with Gasteiger partial charge >= 0.3 is 0 Å². The van der Waals surface area contributed by atoms with Gasteiger partial charge in [0.05, 0.1) is 12.0 Å². The van der Waals surface area contributed by atoms with E-state index in [0.717, 1.165) is 51.6 Å². The summed E-state index contributed by atoms with van der Waals surface area (Å²) in [5.41, 5.74) is 5.53. The van der Waals surface area contributed by atoms with Gasteiger partial charge in [-0.2, -0.15) is 0 Å². The van der Waals surface area contributed by atoms with Crippen molar-refractivity contribution >= 4 is 11.8 Å². The number of piperidine rings is 1. The molecule has 2 amide bonds. The third-order valence-electron chi connectivity index (χ3n) is 5.00. The molecular weight excluding hydrogens is 268 g/mol. The lowest BCUT2D eigenvalue weighted by atomic mass is 9.84. The van der Waals surface area contributed by atoms with E-state index >= 15 is 0 Å². The predicted molar refractivity (Wildman–Crippen MR) is 81.6 cm³/mol. The van der Waals surface area contributed by atoms with Crippen LogP contribution in [0.5, 0.6) is 0 Å². The number of likely N-dealkylation sites (tertiary alicyclic amines) is 1. The highest BCUT2D eigenvalue weighted by atomic mass is 16.2. The van der Waals surface area contributed by atoms with Crippen LogP contribution in [0.1, 0.15) is 38.5 Å². The smallest absolute Gasteiger partial charge is 0.233 e. The van der Waals surface area contributed by atoms with Crippen LogP contribution in [0.4, 0.5) is 0 Å². The topological polar surface area (TPSA) is 87.5 Å². The Kier molecular flexibility index (Phi) is 5.58. The normalized spacial score (nSPS) is 23.0. The van der Waals surface area contributed by atoms with Crippen LogP contribution in [-0.2, 0) is 9.59 Å². The van der Waals surface area contributed by atoms with Gasteiger partial charge in [-0.3, -0.25) is 14.5 Å². The van der Waals surface area contributed by atoms with Crippen LogP contribution in [0.2, 0.25) is 0 Å². The van der Waals surface area contributed by atoms with Crippen LogP contribution in [-0.4, -0.2) is 56.0 Å². The minimum atomic E-state index is -0.320. The summed E-state index contributed by atoms with van der Waals surface area (Å²) in [6, 6.07) is 0.225. The number of nitrogens with one attached hydrogen (secondary N) is 2. The molecular formula is C15H28N4O2. The second-order valence-electron chi connectivity index (χ2n) is 6.39. The van der Waals surface area contributed by atoms with Gasteiger partial charge in [0.1, 0.15) is 0 Å². The van der Waals surface area contributed by atoms with Gasteiger partial charge in [-0.15, -0.1) is 0 Å². The number of hydrogen-bond acceptors (Lipinski definition) is 4. The molecule has 1 saturated carbocycles. The fourth-order valence-electron chi connectivity index (χ4n) is 3.43. The van der Waals surface area contributed by atoms with Gasteiger partial charge in [0.25, 0.3) is 0 Å². The number of carbonyl (C=O) groups is 2. The summed E-state index contributed by atoms with van der Waals surface area (Å²) in [6.45, 7) is 2.61. The Bertz CT molecular complexity index is 372. The van der Waals surface area contributed by atoms with E-state index < -0.39 is 0 Å². The van der Waals surface area contributed by atoms with Crippen LogP contribution in [0.15, 0.2) is 0 Å². The molecule has 0 aromatic carbocycles. The molecule has 21 heavy (non-hydrogen) atoms. The summed E-state index contributed by atoms with van der Waals surface area (Å²) in [5, 5.41) is 5.84. The van der Waals surface area contributed by atoms with Gasteiger partial charge < -0.3 is 16.4 Å². The van der Waals surface area contributed by atoms with Crippen molar-refractivity contribution in [1.82, 2.24) is 15.5 Å². The highest BCUT2D eigenvalue weighted by Crippen LogP contribution is 2.37. The lowest BCUT2D eigenvalue weighted by molar-refractivity contribution is -0.131. The summed E-state index contributed by atoms with van der Waals surface area (Å²) in [7, 11) is 1.66. The van der Waals surface area contributed by atoms with E-state index in [1.807, 2.05) is 0 Å². The first-order chi connectivity index (χ1) is 10.1. The Morgan fingerprint density at radius 3 is 2.38 bits per heavy atom. The molecule has 2 fully saturated rings. The van der Waals surface area contributed by atoms with Gasteiger partial charge in [0.2, 0.25) is 11.8 Å².